The highest BCUT2D eigenvalue weighted by atomic mass is 16.6. The zero-order chi connectivity index (χ0) is 94.4. The van der Waals surface area contributed by atoms with Crippen molar-refractivity contribution in [2.24, 2.45) is 80.3 Å². The molecule has 0 radical (unpaired) electrons. The maximum Gasteiger partial charge on any atom is 0.321 e. The summed E-state index contributed by atoms with van der Waals surface area (Å²) in [6.45, 7) is 38.1. The second-order valence-corrected chi connectivity index (χ2v) is 33.2. The van der Waals surface area contributed by atoms with Gasteiger partial charge in [-0.3, -0.25) is 73.0 Å². The van der Waals surface area contributed by atoms with Crippen LogP contribution >= 0.6 is 0 Å². The number of nitrogens with two attached hydrogens (primary N) is 14. The molecule has 2 amide bonds. The molecule has 0 bridgehead atoms. The van der Waals surface area contributed by atoms with Crippen LogP contribution in [0.5, 0.6) is 0 Å². The summed E-state index contributed by atoms with van der Waals surface area (Å²) in [6, 6.07) is 0. The third-order valence-electron chi connectivity index (χ3n) is 19.1. The Labute approximate surface area is 761 Å². The number of carbonyl (C=O) groups is 5. The van der Waals surface area contributed by atoms with Crippen molar-refractivity contribution in [1.82, 2.24) is 89.9 Å². The zero-order valence-corrected chi connectivity index (χ0v) is 81.6. The maximum absolute atomic E-state index is 12.5. The highest BCUT2D eigenvalue weighted by Crippen LogP contribution is 2.07. The van der Waals surface area contributed by atoms with Gasteiger partial charge in [-0.05, 0) is 461 Å². The number of amides is 2. The molecule has 0 unspecified atom stereocenters. The predicted molar refractivity (Wildman–Crippen MR) is 520 cm³/mol. The minimum absolute atomic E-state index is 0.0786. The average molecular weight is 1800 g/mol. The third kappa shape index (κ3) is 101. The molecule has 0 saturated carbocycles. The van der Waals surface area contributed by atoms with Crippen LogP contribution in [0.15, 0.2) is 0 Å². The van der Waals surface area contributed by atoms with Crippen LogP contribution in [0, 0.1) is 0 Å². The second-order valence-electron chi connectivity index (χ2n) is 33.2. The SMILES string of the molecule is CN(C)CNC(=O)CN(CCCN(CCCN)CCCN)CCCN(CCCN)CCCN.CN(C)CNC(=O)CN(CCCNCCCN)CCCN(CCCN)CCCN.CN(C)COC(=O)CN(CCCN)CCCN.CN(C)COC(=O)CN(CCCN)CCCN(CCCN)CCCN.CN(C)COC(=O)CN(CCCN)CCCNCCCN. The lowest BCUT2D eigenvalue weighted by Crippen LogP contribution is -2.42. The number of hydrogen-bond acceptors (Lipinski definition) is 38. The molecule has 0 aromatic carbocycles. The number of nitrogens with one attached hydrogen (secondary N) is 4. The van der Waals surface area contributed by atoms with Gasteiger partial charge >= 0.3 is 17.9 Å². The largest absolute Gasteiger partial charge is 0.449 e. The van der Waals surface area contributed by atoms with Gasteiger partial charge in [0, 0.05) is 0 Å². The molecule has 0 aromatic rings. The molecular weight excluding hydrogens is 1600 g/mol. The van der Waals surface area contributed by atoms with Crippen molar-refractivity contribution in [1.29, 1.82) is 0 Å². The number of hydrogen-bond donors (Lipinski definition) is 18. The summed E-state index contributed by atoms with van der Waals surface area (Å²) in [5, 5.41) is 12.7. The van der Waals surface area contributed by atoms with Crippen LogP contribution in [0.1, 0.15) is 128 Å². The van der Waals surface area contributed by atoms with Gasteiger partial charge in [-0.15, -0.1) is 0 Å². The minimum atomic E-state index is -0.201. The van der Waals surface area contributed by atoms with E-state index in [2.05, 4.69) is 60.5 Å². The summed E-state index contributed by atoms with van der Waals surface area (Å²) < 4.78 is 15.5. The van der Waals surface area contributed by atoms with E-state index < -0.39 is 0 Å². The lowest BCUT2D eigenvalue weighted by atomic mass is 10.2. The molecule has 125 heavy (non-hydrogen) atoms. The van der Waals surface area contributed by atoms with Gasteiger partial charge in [-0.25, -0.2) is 0 Å². The fourth-order valence-corrected chi connectivity index (χ4v) is 12.4. The van der Waals surface area contributed by atoms with E-state index in [0.717, 1.165) is 305 Å². The summed E-state index contributed by atoms with van der Waals surface area (Å²) in [7, 11) is 19.0. The van der Waals surface area contributed by atoms with E-state index in [1.165, 1.54) is 0 Å². The van der Waals surface area contributed by atoms with Gasteiger partial charge in [0.25, 0.3) is 0 Å². The summed E-state index contributed by atoms with van der Waals surface area (Å²) in [5.74, 6) is -0.411. The number of esters is 3. The first-order valence-corrected chi connectivity index (χ1v) is 47.2. The number of nitrogens with zero attached hydrogens (tertiary/aromatic N) is 14. The monoisotopic (exact) mass is 1800 g/mol. The number of ether oxygens (including phenoxy) is 3. The Bertz CT molecular complexity index is 2200. The Morgan fingerprint density at radius 1 is 0.200 bits per heavy atom. The van der Waals surface area contributed by atoms with Gasteiger partial charge in [-0.2, -0.15) is 0 Å². The van der Waals surface area contributed by atoms with Gasteiger partial charge in [0.1, 0.15) is 20.2 Å². The van der Waals surface area contributed by atoms with E-state index in [9.17, 15) is 24.0 Å². The van der Waals surface area contributed by atoms with E-state index in [0.29, 0.717) is 151 Å². The molecule has 40 heteroatoms. The van der Waals surface area contributed by atoms with Crippen LogP contribution in [-0.2, 0) is 38.2 Å². The van der Waals surface area contributed by atoms with Crippen LogP contribution in [-0.4, -0.2) is 497 Å². The molecule has 0 fully saturated rings. The molecule has 0 heterocycles. The number of carbonyl (C=O) groups excluding carboxylic acids is 5. The average Bonchev–Trinajstić information content (AvgIpc) is 0.988. The first-order valence-electron chi connectivity index (χ1n) is 47.2. The Balaban J connectivity index is -0.000000488. The molecule has 40 nitrogen and oxygen atoms in total. The van der Waals surface area contributed by atoms with Crippen molar-refractivity contribution >= 4 is 29.7 Å². The smallest absolute Gasteiger partial charge is 0.321 e. The molecule has 32 N–H and O–H groups in total. The van der Waals surface area contributed by atoms with E-state index >= 15 is 0 Å². The Morgan fingerprint density at radius 3 is 0.544 bits per heavy atom. The van der Waals surface area contributed by atoms with Gasteiger partial charge in [0.05, 0.1) is 46.1 Å². The van der Waals surface area contributed by atoms with Crippen molar-refractivity contribution in [3.05, 3.63) is 0 Å². The normalized spacial score (nSPS) is 11.6. The molecule has 0 aliphatic heterocycles. The lowest BCUT2D eigenvalue weighted by Gasteiger charge is -2.27. The van der Waals surface area contributed by atoms with Gasteiger partial charge in [0.15, 0.2) is 0 Å². The standard InChI is InChI=1S/C23H55N9O.C20H48N8O.C17H40N6O2.C14H33N5O2.C11H26N4O2/c1-29(2)22-28-23(33)21-32(19-7-17-30(13-3-9-24)14-4-10-25)20-8-18-31(15-5-11-26)16-6-12-27;1-26(2)19-25-20(29)18-28(15-6-12-24-11-3-8-21)17-7-16-27(13-4-9-22)14-5-10-23;1-21(2)16-25-17(24)15-23(12-5-9-20)14-6-13-22(10-3-7-18)11-4-8-19;1-18(2)13-21-14(20)12-19(10-4-7-16)11-5-9-17-8-3-6-15;1-14(2)10-17-11(16)9-15(7-3-5-12)8-4-6-13/h3-22,24-27H2,1-2H3,(H,28,33);24H,3-19,21-23H2,1-2H3,(H,25,29);3-16,18-20H2,1-2H3;17H,3-13,15-16H2,1-2H3;3-10,12-13H2,1-2H3. The molecule has 0 aliphatic carbocycles. The highest BCUT2D eigenvalue weighted by Gasteiger charge is 2.19. The van der Waals surface area contributed by atoms with Crippen LogP contribution < -0.4 is 102 Å². The lowest BCUT2D eigenvalue weighted by molar-refractivity contribution is -0.149. The zero-order valence-electron chi connectivity index (χ0n) is 81.6. The van der Waals surface area contributed by atoms with Crippen molar-refractivity contribution < 1.29 is 38.2 Å². The molecule has 0 rings (SSSR count). The predicted octanol–water partition coefficient (Wildman–Crippen LogP) is -5.49. The van der Waals surface area contributed by atoms with E-state index in [1.807, 2.05) is 99.9 Å². The fourth-order valence-electron chi connectivity index (χ4n) is 12.4. The maximum atomic E-state index is 12.5. The van der Waals surface area contributed by atoms with Crippen LogP contribution in [0.2, 0.25) is 0 Å². The minimum Gasteiger partial charge on any atom is -0.449 e. The molecule has 0 atom stereocenters. The first-order chi connectivity index (χ1) is 60.2. The Morgan fingerprint density at radius 2 is 0.360 bits per heavy atom. The van der Waals surface area contributed by atoms with E-state index in [-0.39, 0.29) is 29.7 Å². The Kier molecular flexibility index (Phi) is 104. The van der Waals surface area contributed by atoms with E-state index in [4.69, 9.17) is 94.5 Å². The molecule has 750 valence electrons. The van der Waals surface area contributed by atoms with Gasteiger partial charge < -0.3 is 135 Å². The molecule has 0 saturated heterocycles. The molecule has 0 spiro atoms. The summed E-state index contributed by atoms with van der Waals surface area (Å²) in [4.78, 5) is 89.9. The van der Waals surface area contributed by atoms with E-state index in [1.54, 1.807) is 0 Å². The molecular formula is C85H202N32O8. The molecule has 0 aliphatic rings. The summed E-state index contributed by atoms with van der Waals surface area (Å²) in [6.07, 6.45) is 19.7. The summed E-state index contributed by atoms with van der Waals surface area (Å²) >= 11 is 0. The highest BCUT2D eigenvalue weighted by molar-refractivity contribution is 5.78. The van der Waals surface area contributed by atoms with Gasteiger partial charge in [-0.1, -0.05) is 0 Å². The quantitative estimate of drug-likeness (QED) is 0.0117. The van der Waals surface area contributed by atoms with Crippen LogP contribution in [0.3, 0.4) is 0 Å². The van der Waals surface area contributed by atoms with Crippen molar-refractivity contribution in [2.75, 3.05) is 399 Å². The van der Waals surface area contributed by atoms with Gasteiger partial charge in [0.2, 0.25) is 11.8 Å². The van der Waals surface area contributed by atoms with Crippen LogP contribution in [0.25, 0.3) is 0 Å². The third-order valence-corrected chi connectivity index (χ3v) is 19.1. The molecule has 0 aromatic heterocycles. The number of rotatable bonds is 86. The Hall–Kier alpha value is -3.85. The van der Waals surface area contributed by atoms with Crippen molar-refractivity contribution in [3.63, 3.8) is 0 Å². The van der Waals surface area contributed by atoms with Crippen molar-refractivity contribution in [3.8, 4) is 0 Å². The fraction of sp³-hybridized carbons (Fsp3) is 0.941. The first kappa shape index (κ1) is 130. The summed E-state index contributed by atoms with van der Waals surface area (Å²) in [5.41, 5.74) is 78.4. The van der Waals surface area contributed by atoms with Crippen molar-refractivity contribution in [2.45, 2.75) is 128 Å². The van der Waals surface area contributed by atoms with Crippen LogP contribution in [0.4, 0.5) is 0 Å². The topological polar surface area (TPSA) is 571 Å². The second kappa shape index (κ2) is 101.